The highest BCUT2D eigenvalue weighted by Gasteiger charge is 2.19. The number of hydrogen-bond acceptors (Lipinski definition) is 1. The maximum atomic E-state index is 2.49. The minimum Gasteiger partial charge on any atom is -0.299 e. The van der Waals surface area contributed by atoms with E-state index >= 15 is 0 Å². The fourth-order valence-electron chi connectivity index (χ4n) is 4.75. The molecule has 4 aromatic carbocycles. The third-order valence-corrected chi connectivity index (χ3v) is 7.11. The highest BCUT2D eigenvalue weighted by Crippen LogP contribution is 2.44. The van der Waals surface area contributed by atoms with Crippen LogP contribution in [0.2, 0.25) is 0 Å². The zero-order valence-electron chi connectivity index (χ0n) is 15.0. The molecule has 3 heterocycles. The predicted molar refractivity (Wildman–Crippen MR) is 122 cm³/mol. The van der Waals surface area contributed by atoms with Gasteiger partial charge in [-0.3, -0.25) is 4.40 Å². The normalized spacial score (nSPS) is 12.3. The lowest BCUT2D eigenvalue weighted by Gasteiger charge is -2.09. The average molecular weight is 373 g/mol. The van der Waals surface area contributed by atoms with E-state index < -0.39 is 0 Å². The molecule has 0 bridgehead atoms. The van der Waals surface area contributed by atoms with Crippen LogP contribution in [-0.4, -0.2) is 4.40 Å². The van der Waals surface area contributed by atoms with Gasteiger partial charge in [0, 0.05) is 26.4 Å². The molecule has 3 aromatic heterocycles. The summed E-state index contributed by atoms with van der Waals surface area (Å²) in [7, 11) is 0. The maximum absolute atomic E-state index is 2.49. The summed E-state index contributed by atoms with van der Waals surface area (Å²) in [5, 5.41) is 8.06. The van der Waals surface area contributed by atoms with Crippen molar-refractivity contribution in [3.63, 3.8) is 0 Å². The highest BCUT2D eigenvalue weighted by molar-refractivity contribution is 7.22. The van der Waals surface area contributed by atoms with E-state index in [1.54, 1.807) is 0 Å². The Hall–Kier alpha value is -3.36. The third kappa shape index (κ3) is 1.71. The van der Waals surface area contributed by atoms with Gasteiger partial charge in [0.15, 0.2) is 0 Å². The minimum atomic E-state index is 1.28. The molecule has 0 fully saturated rings. The SMILES string of the molecule is c1ccc(-c2cc3c4cccc5ccc6c7ccccc7n(c3s2)c6c54)cc1. The Morgan fingerprint density at radius 3 is 2.36 bits per heavy atom. The van der Waals surface area contributed by atoms with Crippen molar-refractivity contribution in [2.24, 2.45) is 0 Å². The molecule has 2 heteroatoms. The van der Waals surface area contributed by atoms with Crippen molar-refractivity contribution < 1.29 is 0 Å². The molecule has 0 aliphatic heterocycles. The van der Waals surface area contributed by atoms with E-state index in [0.29, 0.717) is 0 Å². The van der Waals surface area contributed by atoms with Gasteiger partial charge >= 0.3 is 0 Å². The summed E-state index contributed by atoms with van der Waals surface area (Å²) in [5.41, 5.74) is 3.93. The molecular formula is C26H15NS. The van der Waals surface area contributed by atoms with Gasteiger partial charge in [0.2, 0.25) is 0 Å². The Bertz CT molecular complexity index is 1650. The van der Waals surface area contributed by atoms with Crippen LogP contribution in [0.1, 0.15) is 0 Å². The molecule has 0 saturated carbocycles. The number of aromatic nitrogens is 1. The van der Waals surface area contributed by atoms with Gasteiger partial charge in [0.05, 0.1) is 11.0 Å². The van der Waals surface area contributed by atoms with Crippen LogP contribution in [0.15, 0.2) is 91.0 Å². The number of hydrogen-bond donors (Lipinski definition) is 0. The molecule has 0 atom stereocenters. The first-order valence-electron chi connectivity index (χ1n) is 9.55. The van der Waals surface area contributed by atoms with Crippen LogP contribution in [0.4, 0.5) is 0 Å². The van der Waals surface area contributed by atoms with E-state index in [2.05, 4.69) is 95.4 Å². The molecule has 1 nitrogen and oxygen atoms in total. The van der Waals surface area contributed by atoms with Crippen LogP contribution in [-0.2, 0) is 0 Å². The molecule has 7 aromatic rings. The van der Waals surface area contributed by atoms with Crippen molar-refractivity contribution >= 4 is 59.5 Å². The van der Waals surface area contributed by atoms with Gasteiger partial charge in [-0.05, 0) is 28.5 Å². The van der Waals surface area contributed by atoms with E-state index in [0.717, 1.165) is 0 Å². The van der Waals surface area contributed by atoms with Gasteiger partial charge < -0.3 is 0 Å². The van der Waals surface area contributed by atoms with Crippen molar-refractivity contribution in [1.29, 1.82) is 0 Å². The lowest BCUT2D eigenvalue weighted by Crippen LogP contribution is -1.88. The first-order valence-corrected chi connectivity index (χ1v) is 10.4. The lowest BCUT2D eigenvalue weighted by molar-refractivity contribution is 1.38. The number of rotatable bonds is 1. The van der Waals surface area contributed by atoms with Crippen molar-refractivity contribution in [2.75, 3.05) is 0 Å². The molecule has 0 unspecified atom stereocenters. The molecule has 0 amide bonds. The predicted octanol–water partition coefficient (Wildman–Crippen LogP) is 7.72. The van der Waals surface area contributed by atoms with Crippen LogP contribution in [0, 0.1) is 0 Å². The molecule has 0 N–H and O–H groups in total. The van der Waals surface area contributed by atoms with Gasteiger partial charge in [-0.15, -0.1) is 11.3 Å². The summed E-state index contributed by atoms with van der Waals surface area (Å²) in [6, 6.07) is 33.1. The average Bonchev–Trinajstić information content (AvgIpc) is 3.34. The molecule has 0 aliphatic rings. The lowest BCUT2D eigenvalue weighted by atomic mass is 10.00. The molecule has 0 spiro atoms. The second kappa shape index (κ2) is 5.12. The fourth-order valence-corrected chi connectivity index (χ4v) is 5.95. The van der Waals surface area contributed by atoms with Crippen LogP contribution in [0.25, 0.3) is 58.6 Å². The number of nitrogens with zero attached hydrogens (tertiary/aromatic N) is 1. The summed E-state index contributed by atoms with van der Waals surface area (Å²) in [6.45, 7) is 0. The van der Waals surface area contributed by atoms with E-state index in [4.69, 9.17) is 0 Å². The molecule has 130 valence electrons. The van der Waals surface area contributed by atoms with Gasteiger partial charge in [-0.2, -0.15) is 0 Å². The number of fused-ring (bicyclic) bond motifs is 6. The molecular weight excluding hydrogens is 358 g/mol. The van der Waals surface area contributed by atoms with Crippen molar-refractivity contribution in [2.45, 2.75) is 0 Å². The second-order valence-corrected chi connectivity index (χ2v) is 8.44. The van der Waals surface area contributed by atoms with Crippen molar-refractivity contribution in [3.8, 4) is 10.4 Å². The smallest absolute Gasteiger partial charge is 0.109 e. The van der Waals surface area contributed by atoms with Gasteiger partial charge in [0.25, 0.3) is 0 Å². The van der Waals surface area contributed by atoms with Gasteiger partial charge in [0.1, 0.15) is 4.83 Å². The summed E-state index contributed by atoms with van der Waals surface area (Å²) in [4.78, 5) is 2.65. The minimum absolute atomic E-state index is 1.28. The summed E-state index contributed by atoms with van der Waals surface area (Å²) < 4.78 is 2.49. The van der Waals surface area contributed by atoms with Crippen LogP contribution in [0.3, 0.4) is 0 Å². The number of benzene rings is 4. The molecule has 7 rings (SSSR count). The van der Waals surface area contributed by atoms with E-state index in [1.165, 1.54) is 58.6 Å². The van der Waals surface area contributed by atoms with E-state index in [-0.39, 0.29) is 0 Å². The largest absolute Gasteiger partial charge is 0.299 e. The van der Waals surface area contributed by atoms with Crippen molar-refractivity contribution in [3.05, 3.63) is 91.0 Å². The number of para-hydroxylation sites is 1. The maximum Gasteiger partial charge on any atom is 0.109 e. The Balaban J connectivity index is 1.82. The molecule has 28 heavy (non-hydrogen) atoms. The zero-order chi connectivity index (χ0) is 18.2. The number of pyridine rings is 1. The summed E-state index contributed by atoms with van der Waals surface area (Å²) in [6.07, 6.45) is 0. The summed E-state index contributed by atoms with van der Waals surface area (Å²) in [5.74, 6) is 0. The third-order valence-electron chi connectivity index (χ3n) is 5.94. The topological polar surface area (TPSA) is 4.41 Å². The molecule has 0 radical (unpaired) electrons. The van der Waals surface area contributed by atoms with Crippen LogP contribution < -0.4 is 0 Å². The Kier molecular flexibility index (Phi) is 2.68. The Morgan fingerprint density at radius 2 is 1.43 bits per heavy atom. The first-order chi connectivity index (χ1) is 13.9. The Morgan fingerprint density at radius 1 is 0.607 bits per heavy atom. The fraction of sp³-hybridized carbons (Fsp3) is 0. The monoisotopic (exact) mass is 373 g/mol. The number of thiophene rings is 1. The highest BCUT2D eigenvalue weighted by atomic mass is 32.1. The second-order valence-electron chi connectivity index (χ2n) is 7.41. The van der Waals surface area contributed by atoms with Gasteiger partial charge in [-0.25, -0.2) is 0 Å². The van der Waals surface area contributed by atoms with Crippen LogP contribution in [0.5, 0.6) is 0 Å². The van der Waals surface area contributed by atoms with Gasteiger partial charge in [-0.1, -0.05) is 78.9 Å². The summed E-state index contributed by atoms with van der Waals surface area (Å²) >= 11 is 1.89. The zero-order valence-corrected chi connectivity index (χ0v) is 15.8. The quantitative estimate of drug-likeness (QED) is 0.277. The molecule has 0 saturated heterocycles. The Labute approximate surface area is 165 Å². The molecule has 0 aliphatic carbocycles. The van der Waals surface area contributed by atoms with Crippen LogP contribution >= 0.6 is 11.3 Å². The van der Waals surface area contributed by atoms with E-state index in [9.17, 15) is 0 Å². The van der Waals surface area contributed by atoms with E-state index in [1.807, 2.05) is 11.3 Å². The van der Waals surface area contributed by atoms with Crippen molar-refractivity contribution in [1.82, 2.24) is 4.40 Å². The first kappa shape index (κ1) is 14.7. The standard InChI is InChI=1S/C26H15NS/c1-2-7-16(8-3-1)23-15-21-19-11-6-9-17-13-14-20-18-10-4-5-12-22(18)27(26(21)28-23)25(20)24(17)19/h1-15H.